The molecule has 0 saturated heterocycles. The monoisotopic (exact) mass is 398 g/mol. The molecule has 0 radical (unpaired) electrons. The maximum atomic E-state index is 12.4. The second kappa shape index (κ2) is 8.12. The Balaban J connectivity index is 1.70. The van der Waals surface area contributed by atoms with Crippen molar-refractivity contribution in [1.82, 2.24) is 14.9 Å². The van der Waals surface area contributed by atoms with E-state index in [-0.39, 0.29) is 5.91 Å². The number of thioether (sulfide) groups is 1. The van der Waals surface area contributed by atoms with Crippen LogP contribution in [-0.2, 0) is 4.79 Å². The van der Waals surface area contributed by atoms with Crippen LogP contribution in [0.2, 0.25) is 5.02 Å². The summed E-state index contributed by atoms with van der Waals surface area (Å²) in [7, 11) is 0. The number of halogens is 1. The van der Waals surface area contributed by atoms with Crippen LogP contribution in [0.25, 0.3) is 11.4 Å². The Morgan fingerprint density at radius 1 is 1.30 bits per heavy atom. The van der Waals surface area contributed by atoms with Crippen LogP contribution in [0, 0.1) is 11.3 Å². The van der Waals surface area contributed by atoms with Crippen molar-refractivity contribution in [1.29, 1.82) is 5.26 Å². The third kappa shape index (κ3) is 4.39. The molecule has 0 aliphatic rings. The van der Waals surface area contributed by atoms with E-state index in [1.165, 1.54) is 16.4 Å². The van der Waals surface area contributed by atoms with Gasteiger partial charge in [0.15, 0.2) is 5.82 Å². The highest BCUT2D eigenvalue weighted by molar-refractivity contribution is 8.00. The van der Waals surface area contributed by atoms with E-state index in [4.69, 9.17) is 22.7 Å². The quantitative estimate of drug-likeness (QED) is 0.504. The number of nitrogens with zero attached hydrogens (tertiary/aromatic N) is 4. The summed E-state index contributed by atoms with van der Waals surface area (Å²) in [6, 6.07) is 15.8. The van der Waals surface area contributed by atoms with Gasteiger partial charge in [-0.15, -0.1) is 10.2 Å². The molecular weight excluding hydrogens is 384 g/mol. The molecule has 9 heteroatoms. The molecule has 0 aliphatic heterocycles. The fourth-order valence-corrected chi connectivity index (χ4v) is 3.17. The largest absolute Gasteiger partial charge is 0.335 e. The van der Waals surface area contributed by atoms with Crippen LogP contribution in [0.15, 0.2) is 53.7 Å². The number of aromatic nitrogens is 3. The Bertz CT molecular complexity index is 1010. The Hall–Kier alpha value is -3.02. The van der Waals surface area contributed by atoms with Crippen molar-refractivity contribution in [3.63, 3.8) is 0 Å². The number of benzene rings is 2. The molecule has 0 fully saturated rings. The summed E-state index contributed by atoms with van der Waals surface area (Å²) in [5.41, 5.74) is 1.80. The van der Waals surface area contributed by atoms with E-state index in [1.807, 2.05) is 6.07 Å². The smallest absolute Gasteiger partial charge is 0.237 e. The van der Waals surface area contributed by atoms with Crippen molar-refractivity contribution in [3.8, 4) is 17.5 Å². The van der Waals surface area contributed by atoms with E-state index in [9.17, 15) is 4.79 Å². The molecule has 3 aromatic rings. The third-order valence-corrected chi connectivity index (χ3v) is 4.99. The number of nitrogens with two attached hydrogens (primary N) is 1. The summed E-state index contributed by atoms with van der Waals surface area (Å²) < 4.78 is 1.34. The van der Waals surface area contributed by atoms with Gasteiger partial charge in [0, 0.05) is 16.3 Å². The van der Waals surface area contributed by atoms with E-state index in [0.717, 1.165) is 5.56 Å². The lowest BCUT2D eigenvalue weighted by Crippen LogP contribution is -2.23. The number of carbonyl (C=O) groups excluding carboxylic acids is 1. The van der Waals surface area contributed by atoms with E-state index in [0.29, 0.717) is 27.3 Å². The van der Waals surface area contributed by atoms with Gasteiger partial charge in [-0.3, -0.25) is 4.79 Å². The Labute approximate surface area is 165 Å². The molecule has 0 aliphatic carbocycles. The van der Waals surface area contributed by atoms with Crippen LogP contribution >= 0.6 is 23.4 Å². The van der Waals surface area contributed by atoms with E-state index >= 15 is 0 Å². The van der Waals surface area contributed by atoms with Gasteiger partial charge in [0.05, 0.1) is 16.9 Å². The minimum Gasteiger partial charge on any atom is -0.335 e. The molecule has 0 saturated carbocycles. The minimum absolute atomic E-state index is 0.230. The molecule has 1 heterocycles. The minimum atomic E-state index is -0.472. The zero-order valence-corrected chi connectivity index (χ0v) is 15.8. The van der Waals surface area contributed by atoms with Crippen LogP contribution in [0.4, 0.5) is 5.69 Å². The first-order valence-electron chi connectivity index (χ1n) is 7.92. The summed E-state index contributed by atoms with van der Waals surface area (Å²) in [6.07, 6.45) is 0. The van der Waals surface area contributed by atoms with Gasteiger partial charge in [0.1, 0.15) is 0 Å². The van der Waals surface area contributed by atoms with Crippen LogP contribution in [0.1, 0.15) is 12.5 Å². The average Bonchev–Trinajstić information content (AvgIpc) is 3.03. The normalized spacial score (nSPS) is 11.6. The fraction of sp³-hybridized carbons (Fsp3) is 0.111. The van der Waals surface area contributed by atoms with E-state index in [1.54, 1.807) is 55.5 Å². The summed E-state index contributed by atoms with van der Waals surface area (Å²) in [6.45, 7) is 1.74. The van der Waals surface area contributed by atoms with Gasteiger partial charge in [-0.05, 0) is 49.4 Å². The first-order chi connectivity index (χ1) is 13.0. The lowest BCUT2D eigenvalue weighted by Gasteiger charge is -2.11. The molecule has 136 valence electrons. The molecule has 27 heavy (non-hydrogen) atoms. The Morgan fingerprint density at radius 2 is 2.04 bits per heavy atom. The summed E-state index contributed by atoms with van der Waals surface area (Å²) >= 11 is 7.08. The third-order valence-electron chi connectivity index (χ3n) is 3.68. The van der Waals surface area contributed by atoms with E-state index in [2.05, 4.69) is 15.5 Å². The highest BCUT2D eigenvalue weighted by Gasteiger charge is 2.20. The number of nitriles is 1. The second-order valence-electron chi connectivity index (χ2n) is 5.63. The maximum absolute atomic E-state index is 12.4. The Kier molecular flexibility index (Phi) is 5.64. The van der Waals surface area contributed by atoms with Crippen molar-refractivity contribution in [2.75, 3.05) is 11.2 Å². The van der Waals surface area contributed by atoms with Crippen molar-refractivity contribution in [2.45, 2.75) is 17.3 Å². The molecule has 2 aromatic carbocycles. The van der Waals surface area contributed by atoms with Gasteiger partial charge in [0.2, 0.25) is 11.1 Å². The summed E-state index contributed by atoms with van der Waals surface area (Å²) in [5.74, 6) is 6.33. The van der Waals surface area contributed by atoms with Gasteiger partial charge < -0.3 is 11.2 Å². The summed E-state index contributed by atoms with van der Waals surface area (Å²) in [5, 5.41) is 20.4. The number of hydrogen-bond acceptors (Lipinski definition) is 6. The van der Waals surface area contributed by atoms with Crippen molar-refractivity contribution >= 4 is 35.0 Å². The molecule has 0 spiro atoms. The number of nitrogens with one attached hydrogen (secondary N) is 1. The predicted octanol–water partition coefficient (Wildman–Crippen LogP) is 3.30. The molecule has 3 N–H and O–H groups in total. The first-order valence-corrected chi connectivity index (χ1v) is 9.18. The zero-order valence-electron chi connectivity index (χ0n) is 14.3. The van der Waals surface area contributed by atoms with Crippen LogP contribution in [-0.4, -0.2) is 26.0 Å². The highest BCUT2D eigenvalue weighted by atomic mass is 35.5. The van der Waals surface area contributed by atoms with Crippen LogP contribution in [0.3, 0.4) is 0 Å². The van der Waals surface area contributed by atoms with Crippen molar-refractivity contribution < 1.29 is 4.79 Å². The summed E-state index contributed by atoms with van der Waals surface area (Å²) in [4.78, 5) is 12.4. The average molecular weight is 399 g/mol. The molecule has 1 amide bonds. The maximum Gasteiger partial charge on any atom is 0.237 e. The lowest BCUT2D eigenvalue weighted by molar-refractivity contribution is -0.115. The fourth-order valence-electron chi connectivity index (χ4n) is 2.28. The van der Waals surface area contributed by atoms with Gasteiger partial charge in [-0.2, -0.15) is 5.26 Å². The van der Waals surface area contributed by atoms with Gasteiger partial charge in [-0.25, -0.2) is 4.68 Å². The number of amides is 1. The molecular formula is C18H15ClN6OS. The number of rotatable bonds is 5. The molecule has 1 atom stereocenters. The number of carbonyl (C=O) groups is 1. The predicted molar refractivity (Wildman–Crippen MR) is 106 cm³/mol. The number of nitrogen functional groups attached to an aromatic ring is 1. The van der Waals surface area contributed by atoms with Crippen LogP contribution < -0.4 is 11.2 Å². The molecule has 3 rings (SSSR count). The van der Waals surface area contributed by atoms with E-state index < -0.39 is 5.25 Å². The molecule has 7 nitrogen and oxygen atoms in total. The SMILES string of the molecule is CC(Sc1nnc(-c2ccc(Cl)cc2)n1N)C(=O)Nc1cccc(C#N)c1. The van der Waals surface area contributed by atoms with Gasteiger partial charge >= 0.3 is 0 Å². The van der Waals surface area contributed by atoms with Crippen molar-refractivity contribution in [3.05, 3.63) is 59.1 Å². The first kappa shape index (κ1) is 18.8. The standard InChI is InChI=1S/C18H15ClN6OS/c1-11(17(26)22-15-4-2-3-12(9-15)10-20)27-18-24-23-16(25(18)21)13-5-7-14(19)8-6-13/h2-9,11H,21H2,1H3,(H,22,26). The van der Waals surface area contributed by atoms with Crippen molar-refractivity contribution in [2.24, 2.45) is 0 Å². The second-order valence-corrected chi connectivity index (χ2v) is 7.37. The van der Waals surface area contributed by atoms with Crippen LogP contribution in [0.5, 0.6) is 0 Å². The highest BCUT2D eigenvalue weighted by Crippen LogP contribution is 2.26. The van der Waals surface area contributed by atoms with Gasteiger partial charge in [0.25, 0.3) is 0 Å². The number of anilines is 1. The lowest BCUT2D eigenvalue weighted by atomic mass is 10.2. The van der Waals surface area contributed by atoms with Gasteiger partial charge in [-0.1, -0.05) is 29.4 Å². The molecule has 0 bridgehead atoms. The topological polar surface area (TPSA) is 110 Å². The Morgan fingerprint density at radius 3 is 2.74 bits per heavy atom. The number of hydrogen-bond donors (Lipinski definition) is 2. The molecule has 1 aromatic heterocycles. The zero-order chi connectivity index (χ0) is 19.4. The molecule has 1 unspecified atom stereocenters.